The van der Waals surface area contributed by atoms with Crippen LogP contribution < -0.4 is 10.6 Å². The van der Waals surface area contributed by atoms with E-state index in [1.165, 1.54) is 6.07 Å². The maximum Gasteiger partial charge on any atom is 0.320 e. The molecule has 1 aromatic carbocycles. The lowest BCUT2D eigenvalue weighted by atomic mass is 10.0. The molecule has 0 aliphatic heterocycles. The number of amides is 2. The van der Waals surface area contributed by atoms with Crippen molar-refractivity contribution in [1.82, 2.24) is 20.4 Å². The number of carbonyl (C=O) groups is 1. The predicted octanol–water partition coefficient (Wildman–Crippen LogP) is 3.94. The summed E-state index contributed by atoms with van der Waals surface area (Å²) < 4.78 is 18.4. The first-order valence-corrected chi connectivity index (χ1v) is 8.36. The van der Waals surface area contributed by atoms with Crippen molar-refractivity contribution in [3.8, 4) is 11.1 Å². The van der Waals surface area contributed by atoms with Crippen molar-refractivity contribution in [3.05, 3.63) is 59.8 Å². The highest BCUT2D eigenvalue weighted by atomic mass is 19.1. The minimum Gasteiger partial charge on any atom is -0.340 e. The summed E-state index contributed by atoms with van der Waals surface area (Å²) in [5.74, 6) is 0.386. The minimum atomic E-state index is -0.820. The number of halogens is 1. The first-order valence-electron chi connectivity index (χ1n) is 8.36. The lowest BCUT2D eigenvalue weighted by Crippen LogP contribution is -2.44. The lowest BCUT2D eigenvalue weighted by Gasteiger charge is -2.23. The fourth-order valence-corrected chi connectivity index (χ4v) is 2.55. The van der Waals surface area contributed by atoms with Gasteiger partial charge in [0.1, 0.15) is 5.82 Å². The molecule has 2 N–H and O–H groups in total. The highest BCUT2D eigenvalue weighted by Gasteiger charge is 2.28. The van der Waals surface area contributed by atoms with Gasteiger partial charge in [-0.05, 0) is 44.0 Å². The smallest absolute Gasteiger partial charge is 0.320 e. The first-order chi connectivity index (χ1) is 12.7. The van der Waals surface area contributed by atoms with E-state index in [1.807, 2.05) is 19.1 Å². The zero-order chi connectivity index (χ0) is 19.6. The molecule has 0 atom stereocenters. The molecule has 3 rings (SSSR count). The maximum absolute atomic E-state index is 13.4. The number of benzene rings is 1. The van der Waals surface area contributed by atoms with Gasteiger partial charge in [0.2, 0.25) is 5.89 Å². The summed E-state index contributed by atoms with van der Waals surface area (Å²) in [6.45, 7) is 7.11. The van der Waals surface area contributed by atoms with Gasteiger partial charge in [-0.15, -0.1) is 0 Å². The van der Waals surface area contributed by atoms with E-state index in [-0.39, 0.29) is 0 Å². The maximum atomic E-state index is 13.4. The molecule has 140 valence electrons. The minimum absolute atomic E-state index is 0.381. The lowest BCUT2D eigenvalue weighted by molar-refractivity contribution is 0.239. The van der Waals surface area contributed by atoms with Gasteiger partial charge in [0, 0.05) is 24.4 Å². The van der Waals surface area contributed by atoms with Gasteiger partial charge in [0.25, 0.3) is 0 Å². The Morgan fingerprint density at radius 3 is 2.59 bits per heavy atom. The molecule has 2 aromatic heterocycles. The fourth-order valence-electron chi connectivity index (χ4n) is 2.55. The highest BCUT2D eigenvalue weighted by molar-refractivity contribution is 5.91. The van der Waals surface area contributed by atoms with Gasteiger partial charge in [-0.2, -0.15) is 4.98 Å². The zero-order valence-electron chi connectivity index (χ0n) is 15.5. The normalized spacial score (nSPS) is 11.3. The molecule has 0 aliphatic rings. The van der Waals surface area contributed by atoms with Gasteiger partial charge in [-0.3, -0.25) is 4.98 Å². The van der Waals surface area contributed by atoms with Crippen LogP contribution in [-0.4, -0.2) is 21.2 Å². The van der Waals surface area contributed by atoms with Crippen LogP contribution in [0.2, 0.25) is 0 Å². The summed E-state index contributed by atoms with van der Waals surface area (Å²) in [4.78, 5) is 20.5. The van der Waals surface area contributed by atoms with Crippen molar-refractivity contribution >= 4 is 11.7 Å². The average Bonchev–Trinajstić information content (AvgIpc) is 3.04. The number of carbonyl (C=O) groups excluding carboxylic acids is 1. The quantitative estimate of drug-likeness (QED) is 0.726. The van der Waals surface area contributed by atoms with Crippen molar-refractivity contribution in [2.24, 2.45) is 0 Å². The highest BCUT2D eigenvalue weighted by Crippen LogP contribution is 2.26. The van der Waals surface area contributed by atoms with Gasteiger partial charge in [-0.1, -0.05) is 17.3 Å². The van der Waals surface area contributed by atoms with Crippen LogP contribution in [0.25, 0.3) is 11.1 Å². The van der Waals surface area contributed by atoms with Crippen molar-refractivity contribution in [2.75, 3.05) is 5.32 Å². The summed E-state index contributed by atoms with van der Waals surface area (Å²) in [6.07, 6.45) is 2.71. The summed E-state index contributed by atoms with van der Waals surface area (Å²) >= 11 is 0. The molecule has 0 fully saturated rings. The third-order valence-corrected chi connectivity index (χ3v) is 4.04. The van der Waals surface area contributed by atoms with Crippen molar-refractivity contribution < 1.29 is 13.7 Å². The summed E-state index contributed by atoms with van der Waals surface area (Å²) in [6, 6.07) is 6.45. The number of nitrogens with zero attached hydrogens (tertiary/aromatic N) is 3. The molecule has 0 unspecified atom stereocenters. The van der Waals surface area contributed by atoms with Gasteiger partial charge >= 0.3 is 6.03 Å². The first kappa shape index (κ1) is 18.5. The topological polar surface area (TPSA) is 92.9 Å². The predicted molar refractivity (Wildman–Crippen MR) is 98.6 cm³/mol. The van der Waals surface area contributed by atoms with Crippen LogP contribution in [0.3, 0.4) is 0 Å². The fraction of sp³-hybridized carbons (Fsp3) is 0.263. The second kappa shape index (κ2) is 7.14. The van der Waals surface area contributed by atoms with Gasteiger partial charge in [-0.25, -0.2) is 9.18 Å². The number of urea groups is 1. The van der Waals surface area contributed by atoms with E-state index in [9.17, 15) is 9.18 Å². The number of aromatic nitrogens is 3. The Hall–Kier alpha value is -3.29. The van der Waals surface area contributed by atoms with E-state index in [4.69, 9.17) is 4.52 Å². The Balaban J connectivity index is 1.78. The van der Waals surface area contributed by atoms with Crippen LogP contribution in [0, 0.1) is 19.7 Å². The third kappa shape index (κ3) is 4.28. The zero-order valence-corrected chi connectivity index (χ0v) is 15.5. The Bertz CT molecular complexity index is 984. The van der Waals surface area contributed by atoms with Crippen LogP contribution >= 0.6 is 0 Å². The number of nitrogens with one attached hydrogen (secondary N) is 2. The van der Waals surface area contributed by atoms with Gasteiger partial charge in [0.15, 0.2) is 5.82 Å². The molecule has 0 bridgehead atoms. The SMILES string of the molecule is Cc1nc(C(C)(C)NC(=O)Nc2cc(-c3cncc(F)c3)ccc2C)no1. The molecule has 3 aromatic rings. The monoisotopic (exact) mass is 369 g/mol. The number of pyridine rings is 1. The van der Waals surface area contributed by atoms with E-state index in [2.05, 4.69) is 25.8 Å². The molecule has 0 saturated heterocycles. The number of hydrogen-bond acceptors (Lipinski definition) is 5. The molecule has 8 heteroatoms. The Kier molecular flexibility index (Phi) is 4.89. The number of aryl methyl sites for hydroxylation is 2. The van der Waals surface area contributed by atoms with E-state index in [0.29, 0.717) is 23.0 Å². The molecular weight excluding hydrogens is 349 g/mol. The second-order valence-electron chi connectivity index (χ2n) is 6.76. The molecule has 27 heavy (non-hydrogen) atoms. The van der Waals surface area contributed by atoms with Crippen LogP contribution in [-0.2, 0) is 5.54 Å². The van der Waals surface area contributed by atoms with Crippen molar-refractivity contribution in [3.63, 3.8) is 0 Å². The molecule has 2 amide bonds. The van der Waals surface area contributed by atoms with Crippen LogP contribution in [0.15, 0.2) is 41.2 Å². The van der Waals surface area contributed by atoms with Gasteiger partial charge < -0.3 is 15.2 Å². The summed E-state index contributed by atoms with van der Waals surface area (Å²) in [5, 5.41) is 9.50. The van der Waals surface area contributed by atoms with Crippen molar-refractivity contribution in [2.45, 2.75) is 33.2 Å². The summed E-state index contributed by atoms with van der Waals surface area (Å²) in [5.41, 5.74) is 2.03. The molecule has 0 spiro atoms. The largest absolute Gasteiger partial charge is 0.340 e. The number of hydrogen-bond donors (Lipinski definition) is 2. The average molecular weight is 369 g/mol. The molecule has 0 radical (unpaired) electrons. The van der Waals surface area contributed by atoms with Crippen LogP contribution in [0.1, 0.15) is 31.1 Å². The second-order valence-corrected chi connectivity index (χ2v) is 6.76. The summed E-state index contributed by atoms with van der Waals surface area (Å²) in [7, 11) is 0. The molecule has 0 aliphatic carbocycles. The van der Waals surface area contributed by atoms with E-state index in [0.717, 1.165) is 17.3 Å². The standard InChI is InChI=1S/C19H20FN5O2/c1-11-5-6-13(14-7-15(20)10-21-9-14)8-16(11)23-18(26)24-19(3,4)17-22-12(2)27-25-17/h5-10H,1-4H3,(H2,23,24,26). The molecule has 2 heterocycles. The number of rotatable bonds is 4. The Morgan fingerprint density at radius 1 is 1.15 bits per heavy atom. The number of anilines is 1. The Morgan fingerprint density at radius 2 is 1.93 bits per heavy atom. The van der Waals surface area contributed by atoms with Crippen LogP contribution in [0.5, 0.6) is 0 Å². The third-order valence-electron chi connectivity index (χ3n) is 4.04. The van der Waals surface area contributed by atoms with Crippen LogP contribution in [0.4, 0.5) is 14.9 Å². The van der Waals surface area contributed by atoms with E-state index in [1.54, 1.807) is 33.0 Å². The van der Waals surface area contributed by atoms with E-state index < -0.39 is 17.4 Å². The van der Waals surface area contributed by atoms with Gasteiger partial charge in [0.05, 0.1) is 11.7 Å². The molecular formula is C19H20FN5O2. The molecule has 7 nitrogen and oxygen atoms in total. The van der Waals surface area contributed by atoms with Crippen molar-refractivity contribution in [1.29, 1.82) is 0 Å². The molecule has 0 saturated carbocycles. The van der Waals surface area contributed by atoms with E-state index >= 15 is 0 Å². The Labute approximate surface area is 156 Å².